The van der Waals surface area contributed by atoms with E-state index in [1.165, 1.54) is 22.9 Å². The summed E-state index contributed by atoms with van der Waals surface area (Å²) in [6.45, 7) is 0.163. The van der Waals surface area contributed by atoms with Gasteiger partial charge >= 0.3 is 0 Å². The van der Waals surface area contributed by atoms with Crippen LogP contribution in [0.4, 0.5) is 4.39 Å². The molecule has 1 aromatic carbocycles. The average molecular weight is 377 g/mol. The predicted molar refractivity (Wildman–Crippen MR) is 89.4 cm³/mol. The summed E-state index contributed by atoms with van der Waals surface area (Å²) in [7, 11) is -3.29. The van der Waals surface area contributed by atoms with E-state index >= 15 is 0 Å². The van der Waals surface area contributed by atoms with Crippen molar-refractivity contribution >= 4 is 22.2 Å². The van der Waals surface area contributed by atoms with Crippen LogP contribution in [0.5, 0.6) is 5.75 Å². The number of allylic oxidation sites excluding steroid dienone is 1. The second kappa shape index (κ2) is 8.76. The van der Waals surface area contributed by atoms with Crippen LogP contribution in [-0.4, -0.2) is 36.2 Å². The lowest BCUT2D eigenvalue weighted by molar-refractivity contribution is 0.300. The van der Waals surface area contributed by atoms with E-state index in [0.29, 0.717) is 11.4 Å². The molecular formula is C14H18ClFN4O3S. The minimum absolute atomic E-state index is 0. The quantitative estimate of drug-likeness (QED) is 0.785. The number of aromatic nitrogens is 3. The van der Waals surface area contributed by atoms with Crippen molar-refractivity contribution in [1.82, 2.24) is 15.0 Å². The molecule has 10 heteroatoms. The number of sulfone groups is 1. The van der Waals surface area contributed by atoms with Crippen molar-refractivity contribution in [3.05, 3.63) is 48.1 Å². The maximum absolute atomic E-state index is 13.3. The molecule has 0 radical (unpaired) electrons. The van der Waals surface area contributed by atoms with Crippen molar-refractivity contribution in [2.45, 2.75) is 18.0 Å². The van der Waals surface area contributed by atoms with Gasteiger partial charge in [0.05, 0.1) is 17.6 Å². The van der Waals surface area contributed by atoms with E-state index in [2.05, 4.69) is 10.3 Å². The topological polar surface area (TPSA) is 100 Å². The Labute approximate surface area is 145 Å². The summed E-state index contributed by atoms with van der Waals surface area (Å²) in [4.78, 5) is 0.174. The molecular weight excluding hydrogens is 359 g/mol. The lowest BCUT2D eigenvalue weighted by Gasteiger charge is -2.05. The van der Waals surface area contributed by atoms with E-state index in [0.717, 1.165) is 6.26 Å². The van der Waals surface area contributed by atoms with Gasteiger partial charge in [-0.05, 0) is 24.3 Å². The van der Waals surface area contributed by atoms with Crippen molar-refractivity contribution in [1.29, 1.82) is 0 Å². The highest BCUT2D eigenvalue weighted by atomic mass is 35.5. The molecule has 7 nitrogen and oxygen atoms in total. The van der Waals surface area contributed by atoms with Gasteiger partial charge in [-0.1, -0.05) is 11.3 Å². The number of halogens is 2. The van der Waals surface area contributed by atoms with Crippen LogP contribution in [0.15, 0.2) is 47.3 Å². The largest absolute Gasteiger partial charge is 0.487 e. The van der Waals surface area contributed by atoms with Gasteiger partial charge in [-0.3, -0.25) is 0 Å². The highest BCUT2D eigenvalue weighted by Crippen LogP contribution is 2.18. The van der Waals surface area contributed by atoms with Gasteiger partial charge in [-0.15, -0.1) is 17.5 Å². The Morgan fingerprint density at radius 2 is 2.21 bits per heavy atom. The van der Waals surface area contributed by atoms with Gasteiger partial charge in [-0.2, -0.15) is 0 Å². The molecule has 0 aliphatic carbocycles. The maximum atomic E-state index is 13.3. The molecule has 0 saturated heterocycles. The zero-order chi connectivity index (χ0) is 16.9. The van der Waals surface area contributed by atoms with E-state index in [1.807, 2.05) is 0 Å². The van der Waals surface area contributed by atoms with Gasteiger partial charge in [-0.25, -0.2) is 17.5 Å². The molecule has 24 heavy (non-hydrogen) atoms. The predicted octanol–water partition coefficient (Wildman–Crippen LogP) is 1.49. The first-order chi connectivity index (χ1) is 10.9. The van der Waals surface area contributed by atoms with Crippen LogP contribution in [0.2, 0.25) is 0 Å². The molecule has 0 unspecified atom stereocenters. The standard InChI is InChI=1S/C14H17FN4O3S.ClH/c1-23(20,21)14-4-2-3-13(7-14)22-10-12-9-19(18-17-12)8-11(15)5-6-16;/h2-5,7,9H,6,8,10,16H2,1H3;1H/b11-5-;. The highest BCUT2D eigenvalue weighted by Gasteiger charge is 2.09. The van der Waals surface area contributed by atoms with Gasteiger partial charge in [0, 0.05) is 12.8 Å². The Bertz CT molecular complexity index is 808. The van der Waals surface area contributed by atoms with Crippen molar-refractivity contribution < 1.29 is 17.5 Å². The van der Waals surface area contributed by atoms with Gasteiger partial charge in [0.25, 0.3) is 0 Å². The third-order valence-electron chi connectivity index (χ3n) is 2.86. The molecule has 0 spiro atoms. The maximum Gasteiger partial charge on any atom is 0.175 e. The summed E-state index contributed by atoms with van der Waals surface area (Å²) in [5, 5.41) is 7.64. The van der Waals surface area contributed by atoms with E-state index in [4.69, 9.17) is 10.5 Å². The molecule has 0 atom stereocenters. The van der Waals surface area contributed by atoms with Crippen molar-refractivity contribution in [3.8, 4) is 5.75 Å². The van der Waals surface area contributed by atoms with Crippen LogP contribution in [0.1, 0.15) is 5.69 Å². The van der Waals surface area contributed by atoms with Crippen LogP contribution in [0.3, 0.4) is 0 Å². The number of hydrogen-bond acceptors (Lipinski definition) is 6. The van der Waals surface area contributed by atoms with Crippen molar-refractivity contribution in [3.63, 3.8) is 0 Å². The van der Waals surface area contributed by atoms with Gasteiger partial charge in [0.15, 0.2) is 9.84 Å². The van der Waals surface area contributed by atoms with Crippen molar-refractivity contribution in [2.24, 2.45) is 5.73 Å². The van der Waals surface area contributed by atoms with Crippen LogP contribution in [-0.2, 0) is 23.0 Å². The van der Waals surface area contributed by atoms with Gasteiger partial charge < -0.3 is 10.5 Å². The fraction of sp³-hybridized carbons (Fsp3) is 0.286. The first kappa shape index (κ1) is 20.1. The highest BCUT2D eigenvalue weighted by molar-refractivity contribution is 7.90. The molecule has 2 aromatic rings. The molecule has 0 saturated carbocycles. The van der Waals surface area contributed by atoms with Crippen LogP contribution in [0, 0.1) is 0 Å². The third-order valence-corrected chi connectivity index (χ3v) is 3.97. The lowest BCUT2D eigenvalue weighted by atomic mass is 10.3. The SMILES string of the molecule is CS(=O)(=O)c1cccc(OCc2cn(C/C(F)=C/CN)nn2)c1.Cl. The van der Waals surface area contributed by atoms with E-state index in [-0.39, 0.29) is 37.0 Å². The second-order valence-corrected chi connectivity index (χ2v) is 6.85. The summed E-state index contributed by atoms with van der Waals surface area (Å²) in [5.74, 6) is 0.00223. The second-order valence-electron chi connectivity index (χ2n) is 4.83. The number of hydrogen-bond donors (Lipinski definition) is 1. The molecule has 132 valence electrons. The normalized spacial score (nSPS) is 11.9. The van der Waals surface area contributed by atoms with Crippen LogP contribution >= 0.6 is 12.4 Å². The molecule has 1 aromatic heterocycles. The molecule has 2 N–H and O–H groups in total. The van der Waals surface area contributed by atoms with Gasteiger partial charge in [0.1, 0.15) is 23.9 Å². The summed E-state index contributed by atoms with van der Waals surface area (Å²) in [6, 6.07) is 6.16. The zero-order valence-electron chi connectivity index (χ0n) is 12.9. The van der Waals surface area contributed by atoms with Crippen LogP contribution < -0.4 is 10.5 Å². The number of nitrogens with zero attached hydrogens (tertiary/aromatic N) is 3. The summed E-state index contributed by atoms with van der Waals surface area (Å²) in [5.41, 5.74) is 5.71. The summed E-state index contributed by atoms with van der Waals surface area (Å²) in [6.07, 6.45) is 3.93. The monoisotopic (exact) mass is 376 g/mol. The van der Waals surface area contributed by atoms with E-state index in [9.17, 15) is 12.8 Å². The molecule has 0 aliphatic rings. The fourth-order valence-corrected chi connectivity index (χ4v) is 2.44. The Balaban J connectivity index is 0.00000288. The Hall–Kier alpha value is -1.97. The van der Waals surface area contributed by atoms with Gasteiger partial charge in [0.2, 0.25) is 0 Å². The molecule has 1 heterocycles. The summed E-state index contributed by atoms with van der Waals surface area (Å²) >= 11 is 0. The van der Waals surface area contributed by atoms with E-state index in [1.54, 1.807) is 18.3 Å². The minimum atomic E-state index is -3.29. The molecule has 0 amide bonds. The lowest BCUT2D eigenvalue weighted by Crippen LogP contribution is -2.02. The first-order valence-electron chi connectivity index (χ1n) is 6.75. The van der Waals surface area contributed by atoms with E-state index < -0.39 is 15.7 Å². The Kier molecular flexibility index (Phi) is 7.33. The molecule has 2 rings (SSSR count). The Morgan fingerprint density at radius 3 is 2.88 bits per heavy atom. The van der Waals surface area contributed by atoms with Crippen LogP contribution in [0.25, 0.3) is 0 Å². The molecule has 0 aliphatic heterocycles. The third kappa shape index (κ3) is 5.91. The first-order valence-corrected chi connectivity index (χ1v) is 8.64. The molecule has 0 fully saturated rings. The molecule has 0 bridgehead atoms. The zero-order valence-corrected chi connectivity index (χ0v) is 14.6. The smallest absolute Gasteiger partial charge is 0.175 e. The Morgan fingerprint density at radius 1 is 1.46 bits per heavy atom. The number of nitrogens with two attached hydrogens (primary N) is 1. The number of rotatable bonds is 7. The average Bonchev–Trinajstić information content (AvgIpc) is 2.92. The minimum Gasteiger partial charge on any atom is -0.487 e. The van der Waals surface area contributed by atoms with Crippen molar-refractivity contribution in [2.75, 3.05) is 12.8 Å². The summed E-state index contributed by atoms with van der Waals surface area (Å²) < 4.78 is 43.1. The fourth-order valence-electron chi connectivity index (χ4n) is 1.78. The number of benzene rings is 1. The number of ether oxygens (including phenoxy) is 1.